The van der Waals surface area contributed by atoms with E-state index >= 15 is 0 Å². The molecule has 0 aromatic heterocycles. The van der Waals surface area contributed by atoms with E-state index in [0.717, 1.165) is 5.92 Å². The normalized spacial score (nSPS) is 25.7. The van der Waals surface area contributed by atoms with Crippen molar-refractivity contribution < 1.29 is 0 Å². The van der Waals surface area contributed by atoms with Gasteiger partial charge >= 0.3 is 0 Å². The minimum absolute atomic E-state index is 0.0662. The number of hydrogen-bond acceptors (Lipinski definition) is 1. The maximum absolute atomic E-state index is 6.40. The molecule has 1 saturated carbocycles. The molecule has 2 atom stereocenters. The van der Waals surface area contributed by atoms with E-state index in [1.165, 1.54) is 44.9 Å². The molecule has 1 aliphatic rings. The molecule has 1 nitrogen and oxygen atoms in total. The highest BCUT2D eigenvalue weighted by atomic mass is 14.7. The quantitative estimate of drug-likeness (QED) is 0.730. The molecular formula is C13H27N. The zero-order chi connectivity index (χ0) is 10.6. The van der Waals surface area contributed by atoms with E-state index in [-0.39, 0.29) is 5.54 Å². The third-order valence-electron chi connectivity index (χ3n) is 4.19. The van der Waals surface area contributed by atoms with Crippen molar-refractivity contribution in [2.24, 2.45) is 17.6 Å². The Morgan fingerprint density at radius 2 is 1.86 bits per heavy atom. The fourth-order valence-electron chi connectivity index (χ4n) is 2.68. The van der Waals surface area contributed by atoms with Crippen molar-refractivity contribution in [3.63, 3.8) is 0 Å². The molecule has 0 saturated heterocycles. The van der Waals surface area contributed by atoms with Crippen LogP contribution in [0.25, 0.3) is 0 Å². The summed E-state index contributed by atoms with van der Waals surface area (Å²) in [7, 11) is 0. The van der Waals surface area contributed by atoms with Crippen LogP contribution >= 0.6 is 0 Å². The van der Waals surface area contributed by atoms with Gasteiger partial charge in [0.2, 0.25) is 0 Å². The Bertz CT molecular complexity index is 157. The first-order valence-corrected chi connectivity index (χ1v) is 6.35. The lowest BCUT2D eigenvalue weighted by atomic mass is 9.75. The first-order valence-electron chi connectivity index (χ1n) is 6.35. The van der Waals surface area contributed by atoms with Crippen molar-refractivity contribution in [3.05, 3.63) is 0 Å². The van der Waals surface area contributed by atoms with Gasteiger partial charge in [0.05, 0.1) is 0 Å². The van der Waals surface area contributed by atoms with Crippen LogP contribution in [0.4, 0.5) is 0 Å². The summed E-state index contributed by atoms with van der Waals surface area (Å²) < 4.78 is 0. The average molecular weight is 197 g/mol. The fraction of sp³-hybridized carbons (Fsp3) is 1.00. The molecule has 2 N–H and O–H groups in total. The first kappa shape index (κ1) is 12.0. The molecule has 2 unspecified atom stereocenters. The second-order valence-electron chi connectivity index (χ2n) is 5.52. The van der Waals surface area contributed by atoms with Gasteiger partial charge in [-0.3, -0.25) is 0 Å². The van der Waals surface area contributed by atoms with Crippen molar-refractivity contribution >= 4 is 0 Å². The number of nitrogens with two attached hydrogens (primary N) is 1. The smallest absolute Gasteiger partial charge is 0.0154 e. The SMILES string of the molecule is CCC(C)C(C)(N)CC1CCCCC1. The van der Waals surface area contributed by atoms with Crippen molar-refractivity contribution in [2.75, 3.05) is 0 Å². The molecule has 0 aliphatic heterocycles. The molecule has 1 heteroatoms. The van der Waals surface area contributed by atoms with Crippen molar-refractivity contribution in [2.45, 2.75) is 71.3 Å². The van der Waals surface area contributed by atoms with E-state index in [4.69, 9.17) is 5.73 Å². The van der Waals surface area contributed by atoms with Gasteiger partial charge in [-0.2, -0.15) is 0 Å². The summed E-state index contributed by atoms with van der Waals surface area (Å²) in [5.74, 6) is 1.57. The molecule has 1 rings (SSSR count). The zero-order valence-corrected chi connectivity index (χ0v) is 10.2. The van der Waals surface area contributed by atoms with Crippen LogP contribution < -0.4 is 5.73 Å². The highest BCUT2D eigenvalue weighted by molar-refractivity contribution is 4.87. The minimum Gasteiger partial charge on any atom is -0.325 e. The Morgan fingerprint density at radius 1 is 1.29 bits per heavy atom. The van der Waals surface area contributed by atoms with Crippen LogP contribution in [0, 0.1) is 11.8 Å². The van der Waals surface area contributed by atoms with Crippen molar-refractivity contribution in [1.82, 2.24) is 0 Å². The summed E-state index contributed by atoms with van der Waals surface area (Å²) in [5, 5.41) is 0. The predicted octanol–water partition coefficient (Wildman–Crippen LogP) is 3.72. The molecule has 1 aliphatic carbocycles. The van der Waals surface area contributed by atoms with Gasteiger partial charge in [0, 0.05) is 5.54 Å². The largest absolute Gasteiger partial charge is 0.325 e. The van der Waals surface area contributed by atoms with E-state index in [1.54, 1.807) is 0 Å². The zero-order valence-electron chi connectivity index (χ0n) is 10.2. The highest BCUT2D eigenvalue weighted by Gasteiger charge is 2.29. The second kappa shape index (κ2) is 5.16. The molecular weight excluding hydrogens is 170 g/mol. The van der Waals surface area contributed by atoms with Crippen LogP contribution in [-0.4, -0.2) is 5.54 Å². The Labute approximate surface area is 89.5 Å². The lowest BCUT2D eigenvalue weighted by Crippen LogP contribution is -2.44. The molecule has 0 bridgehead atoms. The van der Waals surface area contributed by atoms with Gasteiger partial charge in [-0.25, -0.2) is 0 Å². The molecule has 0 spiro atoms. The van der Waals surface area contributed by atoms with Crippen LogP contribution in [0.2, 0.25) is 0 Å². The van der Waals surface area contributed by atoms with Crippen molar-refractivity contribution in [1.29, 1.82) is 0 Å². The van der Waals surface area contributed by atoms with E-state index in [0.29, 0.717) is 5.92 Å². The average Bonchev–Trinajstić information content (AvgIpc) is 2.17. The summed E-state index contributed by atoms with van der Waals surface area (Å²) in [6, 6.07) is 0. The predicted molar refractivity (Wildman–Crippen MR) is 63.2 cm³/mol. The monoisotopic (exact) mass is 197 g/mol. The van der Waals surface area contributed by atoms with E-state index < -0.39 is 0 Å². The van der Waals surface area contributed by atoms with E-state index in [9.17, 15) is 0 Å². The second-order valence-corrected chi connectivity index (χ2v) is 5.52. The van der Waals surface area contributed by atoms with Crippen LogP contribution in [0.15, 0.2) is 0 Å². The summed E-state index contributed by atoms with van der Waals surface area (Å²) in [6.45, 7) is 6.79. The third-order valence-corrected chi connectivity index (χ3v) is 4.19. The van der Waals surface area contributed by atoms with Gasteiger partial charge in [-0.05, 0) is 25.2 Å². The molecule has 84 valence electrons. The fourth-order valence-corrected chi connectivity index (χ4v) is 2.68. The van der Waals surface area contributed by atoms with Gasteiger partial charge < -0.3 is 5.73 Å². The van der Waals surface area contributed by atoms with Crippen LogP contribution in [0.3, 0.4) is 0 Å². The Morgan fingerprint density at radius 3 is 2.36 bits per heavy atom. The Kier molecular flexibility index (Phi) is 4.43. The Balaban J connectivity index is 2.40. The van der Waals surface area contributed by atoms with Crippen LogP contribution in [-0.2, 0) is 0 Å². The highest BCUT2D eigenvalue weighted by Crippen LogP contribution is 2.33. The molecule has 0 aromatic rings. The summed E-state index contributed by atoms with van der Waals surface area (Å²) >= 11 is 0. The van der Waals surface area contributed by atoms with Crippen molar-refractivity contribution in [3.8, 4) is 0 Å². The molecule has 1 fully saturated rings. The van der Waals surface area contributed by atoms with Gasteiger partial charge in [0.15, 0.2) is 0 Å². The van der Waals surface area contributed by atoms with Crippen LogP contribution in [0.1, 0.15) is 65.7 Å². The number of rotatable bonds is 4. The lowest BCUT2D eigenvalue weighted by molar-refractivity contribution is 0.212. The van der Waals surface area contributed by atoms with Gasteiger partial charge in [0.25, 0.3) is 0 Å². The van der Waals surface area contributed by atoms with Gasteiger partial charge in [-0.15, -0.1) is 0 Å². The van der Waals surface area contributed by atoms with E-state index in [1.807, 2.05) is 0 Å². The lowest BCUT2D eigenvalue weighted by Gasteiger charge is -2.36. The van der Waals surface area contributed by atoms with Gasteiger partial charge in [-0.1, -0.05) is 52.4 Å². The van der Waals surface area contributed by atoms with Crippen LogP contribution in [0.5, 0.6) is 0 Å². The Hall–Kier alpha value is -0.0400. The molecule has 0 aromatic carbocycles. The number of hydrogen-bond donors (Lipinski definition) is 1. The molecule has 0 heterocycles. The first-order chi connectivity index (χ1) is 6.56. The maximum Gasteiger partial charge on any atom is 0.0154 e. The topological polar surface area (TPSA) is 26.0 Å². The molecule has 0 amide bonds. The standard InChI is InChI=1S/C13H27N/c1-4-11(2)13(3,14)10-12-8-6-5-7-9-12/h11-12H,4-10,14H2,1-3H3. The maximum atomic E-state index is 6.40. The summed E-state index contributed by atoms with van der Waals surface area (Å²) in [4.78, 5) is 0. The molecule has 14 heavy (non-hydrogen) atoms. The minimum atomic E-state index is 0.0662. The summed E-state index contributed by atoms with van der Waals surface area (Å²) in [6.07, 6.45) is 9.60. The van der Waals surface area contributed by atoms with Gasteiger partial charge in [0.1, 0.15) is 0 Å². The molecule has 0 radical (unpaired) electrons. The summed E-state index contributed by atoms with van der Waals surface area (Å²) in [5.41, 5.74) is 6.47. The van der Waals surface area contributed by atoms with E-state index in [2.05, 4.69) is 20.8 Å². The third kappa shape index (κ3) is 3.27.